The van der Waals surface area contributed by atoms with Gasteiger partial charge in [0.2, 0.25) is 0 Å². The van der Waals surface area contributed by atoms with Crippen molar-refractivity contribution in [3.8, 4) is 27.9 Å². The predicted octanol–water partition coefficient (Wildman–Crippen LogP) is 11.2. The first-order valence-electron chi connectivity index (χ1n) is 13.9. The van der Waals surface area contributed by atoms with Crippen LogP contribution in [0.2, 0.25) is 0 Å². The normalized spacial score (nSPS) is 11.9. The quantitative estimate of drug-likeness (QED) is 0.217. The zero-order chi connectivity index (χ0) is 26.9. The third kappa shape index (κ3) is 3.30. The van der Waals surface area contributed by atoms with Crippen molar-refractivity contribution in [2.24, 2.45) is 0 Å². The van der Waals surface area contributed by atoms with E-state index >= 15 is 0 Å². The van der Waals surface area contributed by atoms with E-state index in [1.165, 1.54) is 53.6 Å². The SMILES string of the molecule is c1ccc(-n2c3ccccc3c3sc4cccc(-c5ccccc5-c5ccc6c(c5)oc5ccccc56)c4c32)cc1. The van der Waals surface area contributed by atoms with E-state index in [1.807, 2.05) is 23.5 Å². The topological polar surface area (TPSA) is 18.1 Å². The maximum Gasteiger partial charge on any atom is 0.136 e. The molecule has 2 nitrogen and oxygen atoms in total. The van der Waals surface area contributed by atoms with E-state index in [9.17, 15) is 0 Å². The Morgan fingerprint density at radius 3 is 2.12 bits per heavy atom. The summed E-state index contributed by atoms with van der Waals surface area (Å²) in [4.78, 5) is 0. The molecule has 0 aliphatic heterocycles. The van der Waals surface area contributed by atoms with Gasteiger partial charge in [0.15, 0.2) is 0 Å². The summed E-state index contributed by atoms with van der Waals surface area (Å²) in [7, 11) is 0. The lowest BCUT2D eigenvalue weighted by Crippen LogP contribution is -1.94. The predicted molar refractivity (Wildman–Crippen MR) is 174 cm³/mol. The molecule has 0 saturated heterocycles. The van der Waals surface area contributed by atoms with Crippen LogP contribution in [-0.2, 0) is 0 Å². The third-order valence-electron chi connectivity index (χ3n) is 8.22. The summed E-state index contributed by atoms with van der Waals surface area (Å²) in [5.74, 6) is 0. The van der Waals surface area contributed by atoms with Gasteiger partial charge in [-0.05, 0) is 64.7 Å². The maximum absolute atomic E-state index is 6.27. The van der Waals surface area contributed by atoms with E-state index in [2.05, 4.69) is 132 Å². The molecule has 3 aromatic heterocycles. The van der Waals surface area contributed by atoms with E-state index in [0.717, 1.165) is 27.5 Å². The molecule has 0 radical (unpaired) electrons. The van der Waals surface area contributed by atoms with Crippen LogP contribution >= 0.6 is 11.3 Å². The lowest BCUT2D eigenvalue weighted by atomic mass is 9.92. The molecular formula is C38H23NOS. The van der Waals surface area contributed by atoms with Gasteiger partial charge >= 0.3 is 0 Å². The van der Waals surface area contributed by atoms with Crippen LogP contribution < -0.4 is 0 Å². The van der Waals surface area contributed by atoms with Crippen molar-refractivity contribution < 1.29 is 4.42 Å². The fourth-order valence-corrected chi connectivity index (χ4v) is 7.69. The van der Waals surface area contributed by atoms with Crippen LogP contribution in [0.3, 0.4) is 0 Å². The van der Waals surface area contributed by atoms with Gasteiger partial charge < -0.3 is 8.98 Å². The van der Waals surface area contributed by atoms with Crippen LogP contribution in [0.25, 0.3) is 81.1 Å². The molecule has 3 heteroatoms. The summed E-state index contributed by atoms with van der Waals surface area (Å²) in [6.07, 6.45) is 0. The second kappa shape index (κ2) is 8.69. The molecule has 0 bridgehead atoms. The molecule has 0 aliphatic carbocycles. The molecule has 0 saturated carbocycles. The number of hydrogen-bond acceptors (Lipinski definition) is 2. The average Bonchev–Trinajstić information content (AvgIpc) is 3.70. The van der Waals surface area contributed by atoms with Gasteiger partial charge in [0.25, 0.3) is 0 Å². The monoisotopic (exact) mass is 541 g/mol. The summed E-state index contributed by atoms with van der Waals surface area (Å²) in [5, 5.41) is 4.89. The molecular weight excluding hydrogens is 518 g/mol. The van der Waals surface area contributed by atoms with Crippen molar-refractivity contribution in [1.29, 1.82) is 0 Å². The van der Waals surface area contributed by atoms with Gasteiger partial charge in [-0.15, -0.1) is 11.3 Å². The Kier molecular flexibility index (Phi) is 4.80. The van der Waals surface area contributed by atoms with Crippen LogP contribution in [0.1, 0.15) is 0 Å². The van der Waals surface area contributed by atoms with Crippen LogP contribution in [0.4, 0.5) is 0 Å². The Morgan fingerprint density at radius 2 is 1.22 bits per heavy atom. The summed E-state index contributed by atoms with van der Waals surface area (Å²) >= 11 is 1.89. The molecule has 0 unspecified atom stereocenters. The minimum Gasteiger partial charge on any atom is -0.456 e. The first kappa shape index (κ1) is 22.7. The smallest absolute Gasteiger partial charge is 0.136 e. The summed E-state index contributed by atoms with van der Waals surface area (Å²) in [5.41, 5.74) is 10.3. The Morgan fingerprint density at radius 1 is 0.512 bits per heavy atom. The number of benzene rings is 6. The maximum atomic E-state index is 6.27. The Balaban J connectivity index is 1.35. The molecule has 0 aliphatic rings. The number of hydrogen-bond donors (Lipinski definition) is 0. The molecule has 0 atom stereocenters. The first-order chi connectivity index (χ1) is 20.3. The standard InChI is InChI=1S/C38H23NOS/c1-2-11-25(12-3-1)39-32-18-8-6-16-31(32)38-37(39)36-30(17-10-20-35(36)41-38)27-14-5-4-13-26(27)24-21-22-29-28-15-7-9-19-33(28)40-34(29)23-24/h1-23H. The molecule has 0 spiro atoms. The van der Waals surface area contributed by atoms with Gasteiger partial charge in [-0.3, -0.25) is 0 Å². The van der Waals surface area contributed by atoms with Gasteiger partial charge in [0.05, 0.1) is 15.7 Å². The first-order valence-corrected chi connectivity index (χ1v) is 14.7. The van der Waals surface area contributed by atoms with Gasteiger partial charge in [0, 0.05) is 31.9 Å². The number of fused-ring (bicyclic) bond motifs is 8. The number of rotatable bonds is 3. The van der Waals surface area contributed by atoms with Gasteiger partial charge in [-0.1, -0.05) is 97.1 Å². The van der Waals surface area contributed by atoms with Crippen molar-refractivity contribution in [3.05, 3.63) is 140 Å². The molecule has 3 heterocycles. The van der Waals surface area contributed by atoms with E-state index in [-0.39, 0.29) is 0 Å². The molecule has 192 valence electrons. The molecule has 0 N–H and O–H groups in total. The second-order valence-electron chi connectivity index (χ2n) is 10.5. The van der Waals surface area contributed by atoms with Gasteiger partial charge in [0.1, 0.15) is 11.2 Å². The van der Waals surface area contributed by atoms with Gasteiger partial charge in [-0.25, -0.2) is 0 Å². The fourth-order valence-electron chi connectivity index (χ4n) is 6.44. The van der Waals surface area contributed by atoms with Crippen molar-refractivity contribution in [3.63, 3.8) is 0 Å². The molecule has 0 amide bonds. The van der Waals surface area contributed by atoms with Gasteiger partial charge in [-0.2, -0.15) is 0 Å². The highest BCUT2D eigenvalue weighted by molar-refractivity contribution is 7.26. The van der Waals surface area contributed by atoms with Crippen LogP contribution in [0.15, 0.2) is 144 Å². The third-order valence-corrected chi connectivity index (χ3v) is 9.40. The summed E-state index contributed by atoms with van der Waals surface area (Å²) in [6, 6.07) is 49.9. The highest BCUT2D eigenvalue weighted by Crippen LogP contribution is 2.47. The minimum absolute atomic E-state index is 0.916. The molecule has 9 aromatic rings. The van der Waals surface area contributed by atoms with Crippen molar-refractivity contribution in [2.75, 3.05) is 0 Å². The lowest BCUT2D eigenvalue weighted by molar-refractivity contribution is 0.669. The molecule has 6 aromatic carbocycles. The second-order valence-corrected chi connectivity index (χ2v) is 11.6. The number of thiophene rings is 1. The van der Waals surface area contributed by atoms with Crippen molar-refractivity contribution in [1.82, 2.24) is 4.57 Å². The zero-order valence-corrected chi connectivity index (χ0v) is 22.9. The highest BCUT2D eigenvalue weighted by atomic mass is 32.1. The summed E-state index contributed by atoms with van der Waals surface area (Å²) < 4.78 is 11.3. The Bertz CT molecular complexity index is 2420. The molecule has 9 rings (SSSR count). The van der Waals surface area contributed by atoms with E-state index in [4.69, 9.17) is 4.42 Å². The number of nitrogens with zero attached hydrogens (tertiary/aromatic N) is 1. The van der Waals surface area contributed by atoms with Crippen LogP contribution in [-0.4, -0.2) is 4.57 Å². The van der Waals surface area contributed by atoms with Crippen molar-refractivity contribution >= 4 is 64.5 Å². The van der Waals surface area contributed by atoms with E-state index < -0.39 is 0 Å². The Labute approximate surface area is 240 Å². The van der Waals surface area contributed by atoms with E-state index in [1.54, 1.807) is 0 Å². The minimum atomic E-state index is 0.916. The van der Waals surface area contributed by atoms with E-state index in [0.29, 0.717) is 0 Å². The van der Waals surface area contributed by atoms with Crippen molar-refractivity contribution in [2.45, 2.75) is 0 Å². The highest BCUT2D eigenvalue weighted by Gasteiger charge is 2.21. The van der Waals surface area contributed by atoms with Crippen LogP contribution in [0, 0.1) is 0 Å². The Hall–Kier alpha value is -5.12. The molecule has 41 heavy (non-hydrogen) atoms. The summed E-state index contributed by atoms with van der Waals surface area (Å²) in [6.45, 7) is 0. The number of furan rings is 1. The van der Waals surface area contributed by atoms with Crippen LogP contribution in [0.5, 0.6) is 0 Å². The fraction of sp³-hybridized carbons (Fsp3) is 0. The zero-order valence-electron chi connectivity index (χ0n) is 22.0. The average molecular weight is 542 g/mol. The lowest BCUT2D eigenvalue weighted by Gasteiger charge is -2.13. The number of aromatic nitrogens is 1. The molecule has 0 fully saturated rings. The number of para-hydroxylation sites is 3. The largest absolute Gasteiger partial charge is 0.456 e.